The molecule has 1 atom stereocenters. The molecule has 0 aromatic heterocycles. The molecular formula is C14H20N2O3S. The van der Waals surface area contributed by atoms with E-state index >= 15 is 0 Å². The van der Waals surface area contributed by atoms with Crippen molar-refractivity contribution in [2.45, 2.75) is 31.2 Å². The molecule has 1 unspecified atom stereocenters. The molecule has 0 spiro atoms. The zero-order chi connectivity index (χ0) is 14.9. The topological polar surface area (TPSA) is 66.5 Å². The Balaban J connectivity index is 2.28. The van der Waals surface area contributed by atoms with Gasteiger partial charge in [-0.3, -0.25) is 4.79 Å². The number of hydrogen-bond acceptors (Lipinski definition) is 4. The van der Waals surface area contributed by atoms with E-state index in [0.29, 0.717) is 11.4 Å². The zero-order valence-corrected chi connectivity index (χ0v) is 12.8. The van der Waals surface area contributed by atoms with Crippen molar-refractivity contribution < 1.29 is 13.2 Å². The normalized spacial score (nSPS) is 19.1. The van der Waals surface area contributed by atoms with Crippen LogP contribution in [0.5, 0.6) is 0 Å². The van der Waals surface area contributed by atoms with Gasteiger partial charge in [-0.2, -0.15) is 0 Å². The number of rotatable bonds is 3. The van der Waals surface area contributed by atoms with Gasteiger partial charge in [0, 0.05) is 32.3 Å². The summed E-state index contributed by atoms with van der Waals surface area (Å²) >= 11 is 0. The van der Waals surface area contributed by atoms with Crippen molar-refractivity contribution in [3.8, 4) is 0 Å². The molecule has 1 N–H and O–H groups in total. The van der Waals surface area contributed by atoms with Crippen LogP contribution in [0.2, 0.25) is 0 Å². The fourth-order valence-corrected chi connectivity index (χ4v) is 3.54. The molecule has 1 fully saturated rings. The summed E-state index contributed by atoms with van der Waals surface area (Å²) in [5, 5.41) is 2.88. The maximum absolute atomic E-state index is 11.9. The lowest BCUT2D eigenvalue weighted by molar-refractivity contribution is -0.119. The van der Waals surface area contributed by atoms with Crippen LogP contribution in [0.15, 0.2) is 23.1 Å². The molecule has 0 saturated carbocycles. The van der Waals surface area contributed by atoms with E-state index in [1.54, 1.807) is 6.07 Å². The van der Waals surface area contributed by atoms with Crippen molar-refractivity contribution in [3.05, 3.63) is 23.8 Å². The summed E-state index contributed by atoms with van der Waals surface area (Å²) in [5.74, 6) is -0.0518. The minimum atomic E-state index is -3.26. The lowest BCUT2D eigenvalue weighted by Gasteiger charge is -2.22. The summed E-state index contributed by atoms with van der Waals surface area (Å²) in [7, 11) is -3.26. The van der Waals surface area contributed by atoms with Crippen molar-refractivity contribution in [1.29, 1.82) is 0 Å². The van der Waals surface area contributed by atoms with E-state index in [4.69, 9.17) is 0 Å². The highest BCUT2D eigenvalue weighted by Crippen LogP contribution is 2.29. The van der Waals surface area contributed by atoms with Crippen LogP contribution < -0.4 is 10.2 Å². The summed E-state index contributed by atoms with van der Waals surface area (Å²) in [6, 6.07) is 5.55. The van der Waals surface area contributed by atoms with Gasteiger partial charge in [-0.15, -0.1) is 0 Å². The largest absolute Gasteiger partial charge is 0.368 e. The molecule has 2 rings (SSSR count). The molecule has 20 heavy (non-hydrogen) atoms. The zero-order valence-electron chi connectivity index (χ0n) is 12.0. The van der Waals surface area contributed by atoms with Gasteiger partial charge in [0.25, 0.3) is 0 Å². The van der Waals surface area contributed by atoms with Crippen LogP contribution in [0, 0.1) is 6.92 Å². The van der Waals surface area contributed by atoms with Crippen LogP contribution in [0.4, 0.5) is 5.69 Å². The molecule has 110 valence electrons. The number of benzene rings is 1. The Bertz CT molecular complexity index is 625. The predicted molar refractivity (Wildman–Crippen MR) is 78.7 cm³/mol. The fraction of sp³-hybridized carbons (Fsp3) is 0.500. The van der Waals surface area contributed by atoms with Gasteiger partial charge in [-0.05, 0) is 31.0 Å². The molecule has 1 aromatic rings. The smallest absolute Gasteiger partial charge is 0.217 e. The van der Waals surface area contributed by atoms with Gasteiger partial charge in [-0.1, -0.05) is 6.07 Å². The van der Waals surface area contributed by atoms with Gasteiger partial charge in [0.05, 0.1) is 10.6 Å². The maximum atomic E-state index is 11.9. The van der Waals surface area contributed by atoms with Crippen LogP contribution in [-0.2, 0) is 14.6 Å². The molecular weight excluding hydrogens is 276 g/mol. The monoisotopic (exact) mass is 296 g/mol. The number of amides is 1. The Morgan fingerprint density at radius 1 is 1.40 bits per heavy atom. The van der Waals surface area contributed by atoms with E-state index in [0.717, 1.165) is 24.2 Å². The predicted octanol–water partition coefficient (Wildman–Crippen LogP) is 1.11. The first-order valence-corrected chi connectivity index (χ1v) is 8.49. The highest BCUT2D eigenvalue weighted by atomic mass is 32.2. The van der Waals surface area contributed by atoms with Gasteiger partial charge in [0.1, 0.15) is 0 Å². The van der Waals surface area contributed by atoms with Crippen molar-refractivity contribution in [2.24, 2.45) is 0 Å². The molecule has 1 aliphatic rings. The van der Waals surface area contributed by atoms with E-state index in [1.807, 2.05) is 24.0 Å². The quantitative estimate of drug-likeness (QED) is 0.907. The van der Waals surface area contributed by atoms with Crippen molar-refractivity contribution in [3.63, 3.8) is 0 Å². The SMILES string of the molecule is CC(=O)NC1CCN(c2ccc(C)cc2S(C)(=O)=O)C1. The number of carbonyl (C=O) groups excluding carboxylic acids is 1. The molecule has 0 bridgehead atoms. The number of hydrogen-bond donors (Lipinski definition) is 1. The van der Waals surface area contributed by atoms with Crippen LogP contribution in [0.1, 0.15) is 18.9 Å². The Labute approximate surface area is 119 Å². The Morgan fingerprint density at radius 3 is 2.70 bits per heavy atom. The average molecular weight is 296 g/mol. The third kappa shape index (κ3) is 3.30. The minimum absolute atomic E-state index is 0.0518. The molecule has 0 radical (unpaired) electrons. The Hall–Kier alpha value is -1.56. The highest BCUT2D eigenvalue weighted by Gasteiger charge is 2.26. The first-order chi connectivity index (χ1) is 9.27. The number of sulfone groups is 1. The Kier molecular flexibility index (Phi) is 4.04. The third-order valence-corrected chi connectivity index (χ3v) is 4.58. The molecule has 1 heterocycles. The average Bonchev–Trinajstić information content (AvgIpc) is 2.75. The van der Waals surface area contributed by atoms with E-state index in [-0.39, 0.29) is 11.9 Å². The minimum Gasteiger partial charge on any atom is -0.368 e. The first kappa shape index (κ1) is 14.8. The van der Waals surface area contributed by atoms with E-state index in [2.05, 4.69) is 5.32 Å². The van der Waals surface area contributed by atoms with Crippen molar-refractivity contribution >= 4 is 21.4 Å². The van der Waals surface area contributed by atoms with Crippen molar-refractivity contribution in [2.75, 3.05) is 24.2 Å². The molecule has 0 aliphatic carbocycles. The number of aryl methyl sites for hydroxylation is 1. The second kappa shape index (κ2) is 5.44. The fourth-order valence-electron chi connectivity index (χ4n) is 2.56. The van der Waals surface area contributed by atoms with Gasteiger partial charge < -0.3 is 10.2 Å². The Morgan fingerprint density at radius 2 is 2.10 bits per heavy atom. The number of anilines is 1. The van der Waals surface area contributed by atoms with Crippen LogP contribution >= 0.6 is 0 Å². The lowest BCUT2D eigenvalue weighted by Crippen LogP contribution is -2.35. The molecule has 1 aliphatic heterocycles. The van der Waals surface area contributed by atoms with Crippen LogP contribution in [0.25, 0.3) is 0 Å². The number of nitrogens with zero attached hydrogens (tertiary/aromatic N) is 1. The summed E-state index contributed by atoms with van der Waals surface area (Å²) in [4.78, 5) is 13.5. The third-order valence-electron chi connectivity index (χ3n) is 3.45. The summed E-state index contributed by atoms with van der Waals surface area (Å²) in [5.41, 5.74) is 1.65. The standard InChI is InChI=1S/C14H20N2O3S/c1-10-4-5-13(14(8-10)20(3,18)19)16-7-6-12(9-16)15-11(2)17/h4-5,8,12H,6-7,9H2,1-3H3,(H,15,17). The molecule has 1 saturated heterocycles. The molecule has 1 aromatic carbocycles. The van der Waals surface area contributed by atoms with Crippen LogP contribution in [0.3, 0.4) is 0 Å². The summed E-state index contributed by atoms with van der Waals surface area (Å²) in [6.07, 6.45) is 2.06. The number of carbonyl (C=O) groups is 1. The second-order valence-electron chi connectivity index (χ2n) is 5.38. The van der Waals surface area contributed by atoms with Gasteiger partial charge >= 0.3 is 0 Å². The lowest BCUT2D eigenvalue weighted by atomic mass is 10.2. The first-order valence-electron chi connectivity index (χ1n) is 6.60. The second-order valence-corrected chi connectivity index (χ2v) is 7.36. The van der Waals surface area contributed by atoms with E-state index < -0.39 is 9.84 Å². The maximum Gasteiger partial charge on any atom is 0.217 e. The molecule has 5 nitrogen and oxygen atoms in total. The molecule has 1 amide bonds. The highest BCUT2D eigenvalue weighted by molar-refractivity contribution is 7.90. The summed E-state index contributed by atoms with van der Waals surface area (Å²) in [6.45, 7) is 4.76. The van der Waals surface area contributed by atoms with Crippen LogP contribution in [-0.4, -0.2) is 39.7 Å². The number of nitrogens with one attached hydrogen (secondary N) is 1. The van der Waals surface area contributed by atoms with Gasteiger partial charge in [-0.25, -0.2) is 8.42 Å². The van der Waals surface area contributed by atoms with E-state index in [9.17, 15) is 13.2 Å². The van der Waals surface area contributed by atoms with Gasteiger partial charge in [0.2, 0.25) is 5.91 Å². The summed E-state index contributed by atoms with van der Waals surface area (Å²) < 4.78 is 23.9. The van der Waals surface area contributed by atoms with E-state index in [1.165, 1.54) is 13.2 Å². The van der Waals surface area contributed by atoms with Gasteiger partial charge in [0.15, 0.2) is 9.84 Å². The molecule has 6 heteroatoms. The van der Waals surface area contributed by atoms with Crippen molar-refractivity contribution in [1.82, 2.24) is 5.32 Å².